The van der Waals surface area contributed by atoms with Crippen LogP contribution >= 0.6 is 0 Å². The van der Waals surface area contributed by atoms with Gasteiger partial charge in [-0.25, -0.2) is 8.78 Å². The molecule has 0 amide bonds. The Bertz CT molecular complexity index is 418. The number of carboxylic acids is 1. The second kappa shape index (κ2) is 4.82. The van der Waals surface area contributed by atoms with Crippen LogP contribution in [0.5, 0.6) is 0 Å². The molecule has 0 aliphatic heterocycles. The molecule has 2 unspecified atom stereocenters. The summed E-state index contributed by atoms with van der Waals surface area (Å²) in [5.41, 5.74) is 1.98. The lowest BCUT2D eigenvalue weighted by Gasteiger charge is -2.22. The minimum absolute atomic E-state index is 0.317. The molecule has 0 fully saturated rings. The maximum Gasteiger partial charge on any atom is 0.303 e. The summed E-state index contributed by atoms with van der Waals surface area (Å²) < 4.78 is 25.9. The van der Waals surface area contributed by atoms with Gasteiger partial charge in [0.15, 0.2) is 0 Å². The Morgan fingerprint density at radius 3 is 2.76 bits per heavy atom. The molecule has 2 atom stereocenters. The third-order valence-corrected chi connectivity index (χ3v) is 3.43. The second-order valence-corrected chi connectivity index (χ2v) is 4.44. The van der Waals surface area contributed by atoms with E-state index in [-0.39, 0.29) is 5.92 Å². The van der Waals surface area contributed by atoms with Gasteiger partial charge in [-0.1, -0.05) is 24.3 Å². The molecule has 0 saturated carbocycles. The van der Waals surface area contributed by atoms with Gasteiger partial charge in [-0.3, -0.25) is 4.79 Å². The molecule has 1 aromatic rings. The number of halogens is 2. The monoisotopic (exact) mass is 240 g/mol. The Kier molecular flexibility index (Phi) is 3.41. The first-order valence-corrected chi connectivity index (χ1v) is 5.67. The highest BCUT2D eigenvalue weighted by molar-refractivity contribution is 5.67. The summed E-state index contributed by atoms with van der Waals surface area (Å²) in [5, 5.41) is 8.71. The second-order valence-electron chi connectivity index (χ2n) is 4.44. The fraction of sp³-hybridized carbons (Fsp3) is 0.462. The maximum absolute atomic E-state index is 12.9. The Hall–Kier alpha value is -1.45. The van der Waals surface area contributed by atoms with Gasteiger partial charge in [0.2, 0.25) is 6.43 Å². The van der Waals surface area contributed by atoms with Crippen molar-refractivity contribution >= 4 is 5.97 Å². The molecule has 1 aromatic carbocycles. The maximum atomic E-state index is 12.9. The molecule has 2 rings (SSSR count). The van der Waals surface area contributed by atoms with Crippen LogP contribution in [-0.4, -0.2) is 17.5 Å². The fourth-order valence-corrected chi connectivity index (χ4v) is 2.64. The van der Waals surface area contributed by atoms with E-state index in [1.807, 2.05) is 24.3 Å². The number of rotatable bonds is 4. The number of hydrogen-bond donors (Lipinski definition) is 1. The van der Waals surface area contributed by atoms with Gasteiger partial charge in [0, 0.05) is 5.92 Å². The molecule has 0 saturated heterocycles. The number of hydrogen-bond acceptors (Lipinski definition) is 1. The molecule has 1 N–H and O–H groups in total. The van der Waals surface area contributed by atoms with Crippen molar-refractivity contribution in [1.82, 2.24) is 0 Å². The van der Waals surface area contributed by atoms with Crippen molar-refractivity contribution in [2.45, 2.75) is 31.6 Å². The number of carbonyl (C=O) groups is 1. The first-order chi connectivity index (χ1) is 8.09. The van der Waals surface area contributed by atoms with Crippen molar-refractivity contribution in [3.63, 3.8) is 0 Å². The van der Waals surface area contributed by atoms with Gasteiger partial charge in [-0.15, -0.1) is 0 Å². The summed E-state index contributed by atoms with van der Waals surface area (Å²) >= 11 is 0. The zero-order valence-corrected chi connectivity index (χ0v) is 9.27. The average Bonchev–Trinajstić information content (AvgIpc) is 2.69. The smallest absolute Gasteiger partial charge is 0.303 e. The molecule has 17 heavy (non-hydrogen) atoms. The molecule has 0 spiro atoms. The zero-order valence-electron chi connectivity index (χ0n) is 9.27. The number of aliphatic carboxylic acids is 1. The molecule has 1 aliphatic rings. The predicted molar refractivity (Wildman–Crippen MR) is 59.3 cm³/mol. The highest BCUT2D eigenvalue weighted by Crippen LogP contribution is 2.41. The molecular formula is C13H14F2O2. The normalized spacial score (nSPS) is 20.3. The van der Waals surface area contributed by atoms with Gasteiger partial charge in [-0.05, 0) is 29.9 Å². The summed E-state index contributed by atoms with van der Waals surface area (Å²) in [7, 11) is 0. The van der Waals surface area contributed by atoms with Crippen molar-refractivity contribution in [3.8, 4) is 0 Å². The largest absolute Gasteiger partial charge is 0.481 e. The highest BCUT2D eigenvalue weighted by Gasteiger charge is 2.36. The number of aryl methyl sites for hydroxylation is 1. The number of carboxylic acid groups (broad SMARTS) is 1. The van der Waals surface area contributed by atoms with Crippen molar-refractivity contribution in [1.29, 1.82) is 0 Å². The molecule has 1 aliphatic carbocycles. The van der Waals surface area contributed by atoms with E-state index in [9.17, 15) is 13.6 Å². The number of alkyl halides is 2. The van der Waals surface area contributed by atoms with Crippen LogP contribution in [0.4, 0.5) is 8.78 Å². The topological polar surface area (TPSA) is 37.3 Å². The van der Waals surface area contributed by atoms with Crippen LogP contribution in [0.3, 0.4) is 0 Å². The van der Waals surface area contributed by atoms with Crippen LogP contribution in [-0.2, 0) is 11.2 Å². The van der Waals surface area contributed by atoms with Gasteiger partial charge in [-0.2, -0.15) is 0 Å². The van der Waals surface area contributed by atoms with Gasteiger partial charge in [0.25, 0.3) is 0 Å². The summed E-state index contributed by atoms with van der Waals surface area (Å²) in [6, 6.07) is 7.47. The molecule has 0 radical (unpaired) electrons. The van der Waals surface area contributed by atoms with Crippen LogP contribution in [0.25, 0.3) is 0 Å². The minimum atomic E-state index is -2.58. The van der Waals surface area contributed by atoms with Crippen molar-refractivity contribution in [3.05, 3.63) is 35.4 Å². The van der Waals surface area contributed by atoms with E-state index in [0.717, 1.165) is 17.5 Å². The lowest BCUT2D eigenvalue weighted by Crippen LogP contribution is -2.22. The third-order valence-electron chi connectivity index (χ3n) is 3.43. The van der Waals surface area contributed by atoms with Crippen molar-refractivity contribution in [2.24, 2.45) is 5.92 Å². The summed E-state index contributed by atoms with van der Waals surface area (Å²) in [6.45, 7) is 0. The molecule has 0 bridgehead atoms. The van der Waals surface area contributed by atoms with E-state index in [4.69, 9.17) is 5.11 Å². The molecule has 0 heterocycles. The van der Waals surface area contributed by atoms with E-state index in [1.165, 1.54) is 0 Å². The lowest BCUT2D eigenvalue weighted by molar-refractivity contribution is -0.140. The SMILES string of the molecule is O=C(O)CC(C(F)F)C1CCc2ccccc21. The van der Waals surface area contributed by atoms with Gasteiger partial charge >= 0.3 is 5.97 Å². The lowest BCUT2D eigenvalue weighted by atomic mass is 9.85. The Labute approximate surface area is 98.3 Å². The van der Waals surface area contributed by atoms with E-state index in [0.29, 0.717) is 6.42 Å². The average molecular weight is 240 g/mol. The van der Waals surface area contributed by atoms with E-state index in [1.54, 1.807) is 0 Å². The quantitative estimate of drug-likeness (QED) is 0.878. The highest BCUT2D eigenvalue weighted by atomic mass is 19.3. The fourth-order valence-electron chi connectivity index (χ4n) is 2.64. The molecule has 2 nitrogen and oxygen atoms in total. The van der Waals surface area contributed by atoms with Crippen molar-refractivity contribution < 1.29 is 18.7 Å². The molecular weight excluding hydrogens is 226 g/mol. The third kappa shape index (κ3) is 2.46. The van der Waals surface area contributed by atoms with E-state index in [2.05, 4.69) is 0 Å². The predicted octanol–water partition coefficient (Wildman–Crippen LogP) is 3.07. The van der Waals surface area contributed by atoms with E-state index < -0.39 is 24.7 Å². The summed E-state index contributed by atoms with van der Waals surface area (Å²) in [4.78, 5) is 10.6. The van der Waals surface area contributed by atoms with Crippen LogP contribution in [0.15, 0.2) is 24.3 Å². The summed E-state index contributed by atoms with van der Waals surface area (Å²) in [5.74, 6) is -2.54. The Morgan fingerprint density at radius 1 is 1.41 bits per heavy atom. The number of benzene rings is 1. The van der Waals surface area contributed by atoms with Crippen LogP contribution in [0.1, 0.15) is 29.9 Å². The Balaban J connectivity index is 2.24. The molecule has 0 aromatic heterocycles. The van der Waals surface area contributed by atoms with Crippen molar-refractivity contribution in [2.75, 3.05) is 0 Å². The van der Waals surface area contributed by atoms with Crippen LogP contribution in [0.2, 0.25) is 0 Å². The Morgan fingerprint density at radius 2 is 2.12 bits per heavy atom. The van der Waals surface area contributed by atoms with Gasteiger partial charge in [0.05, 0.1) is 6.42 Å². The summed E-state index contributed by atoms with van der Waals surface area (Å²) in [6.07, 6.45) is -1.65. The van der Waals surface area contributed by atoms with Gasteiger partial charge in [0.1, 0.15) is 0 Å². The first-order valence-electron chi connectivity index (χ1n) is 5.67. The number of fused-ring (bicyclic) bond motifs is 1. The minimum Gasteiger partial charge on any atom is -0.481 e. The standard InChI is InChI=1S/C13H14F2O2/c14-13(15)11(7-12(16)17)10-6-5-8-3-1-2-4-9(8)10/h1-4,10-11,13H,5-7H2,(H,16,17). The molecule has 4 heteroatoms. The van der Waals surface area contributed by atoms with E-state index >= 15 is 0 Å². The van der Waals surface area contributed by atoms with Crippen LogP contribution in [0, 0.1) is 5.92 Å². The van der Waals surface area contributed by atoms with Gasteiger partial charge < -0.3 is 5.11 Å². The zero-order chi connectivity index (χ0) is 12.4. The van der Waals surface area contributed by atoms with Crippen LogP contribution < -0.4 is 0 Å². The molecule has 92 valence electrons. The first kappa shape index (κ1) is 12.0.